The van der Waals surface area contributed by atoms with Gasteiger partial charge in [0.15, 0.2) is 6.10 Å². The Morgan fingerprint density at radius 1 is 1.45 bits per heavy atom. The Hall–Kier alpha value is -1.43. The number of amides is 1. The average Bonchev–Trinajstić information content (AvgIpc) is 3.20. The topological polar surface area (TPSA) is 54.5 Å². The molecule has 2 heterocycles. The average molecular weight is 309 g/mol. The van der Waals surface area contributed by atoms with Gasteiger partial charge in [-0.1, -0.05) is 23.7 Å². The summed E-state index contributed by atoms with van der Waals surface area (Å²) in [6.45, 7) is 0.987. The minimum atomic E-state index is -0.248. The van der Waals surface area contributed by atoms with Gasteiger partial charge in [0.05, 0.1) is 23.9 Å². The summed E-state index contributed by atoms with van der Waals surface area (Å²) in [5, 5.41) is 6.54. The second-order valence-electron chi connectivity index (χ2n) is 4.58. The van der Waals surface area contributed by atoms with E-state index in [0.717, 1.165) is 22.1 Å². The van der Waals surface area contributed by atoms with Crippen molar-refractivity contribution in [1.82, 2.24) is 10.3 Å². The van der Waals surface area contributed by atoms with E-state index in [1.54, 1.807) is 11.3 Å². The molecule has 104 valence electrons. The second-order valence-corrected chi connectivity index (χ2v) is 5.95. The van der Waals surface area contributed by atoms with Crippen LogP contribution < -0.4 is 5.32 Å². The minimum absolute atomic E-state index is 0.0581. The summed E-state index contributed by atoms with van der Waals surface area (Å²) >= 11 is 7.45. The maximum atomic E-state index is 11.4. The van der Waals surface area contributed by atoms with Crippen LogP contribution in [-0.4, -0.2) is 23.6 Å². The smallest absolute Gasteiger partial charge is 0.251 e. The molecule has 1 N–H and O–H groups in total. The number of hydrogen-bond acceptors (Lipinski definition) is 4. The van der Waals surface area contributed by atoms with Gasteiger partial charge in [-0.25, -0.2) is 4.98 Å². The Balaban J connectivity index is 1.55. The van der Waals surface area contributed by atoms with Crippen LogP contribution in [0.1, 0.15) is 16.3 Å². The number of carbonyl (C=O) groups excluding carboxylic acids is 1. The lowest BCUT2D eigenvalue weighted by molar-refractivity contribution is -0.122. The van der Waals surface area contributed by atoms with Gasteiger partial charge in [0.1, 0.15) is 0 Å². The van der Waals surface area contributed by atoms with Crippen LogP contribution in [0.4, 0.5) is 0 Å². The molecule has 1 atom stereocenters. The lowest BCUT2D eigenvalue weighted by Crippen LogP contribution is -2.27. The van der Waals surface area contributed by atoms with E-state index in [9.17, 15) is 4.79 Å². The Morgan fingerprint density at radius 2 is 2.20 bits per heavy atom. The Kier molecular flexibility index (Phi) is 4.00. The molecule has 0 spiro atoms. The molecule has 1 amide bonds. The molecule has 2 aromatic rings. The van der Waals surface area contributed by atoms with Gasteiger partial charge in [0.25, 0.3) is 5.91 Å². The van der Waals surface area contributed by atoms with Crippen LogP contribution in [-0.2, 0) is 22.5 Å². The highest BCUT2D eigenvalue weighted by Gasteiger charge is 2.30. The minimum Gasteiger partial charge on any atom is -0.363 e. The van der Waals surface area contributed by atoms with Crippen molar-refractivity contribution in [2.75, 3.05) is 6.61 Å². The summed E-state index contributed by atoms with van der Waals surface area (Å²) in [5.41, 5.74) is 2.05. The van der Waals surface area contributed by atoms with Crippen LogP contribution in [0.2, 0.25) is 5.02 Å². The fourth-order valence-electron chi connectivity index (χ4n) is 1.78. The van der Waals surface area contributed by atoms with Gasteiger partial charge in [-0.3, -0.25) is 4.79 Å². The Bertz CT molecular complexity index is 608. The molecule has 4 nitrogen and oxygen atoms in total. The molecule has 1 fully saturated rings. The molecule has 20 heavy (non-hydrogen) atoms. The van der Waals surface area contributed by atoms with Crippen molar-refractivity contribution in [1.29, 1.82) is 0 Å². The number of benzene rings is 1. The van der Waals surface area contributed by atoms with Crippen LogP contribution >= 0.6 is 22.9 Å². The molecular formula is C14H13ClN2O2S. The first-order chi connectivity index (χ1) is 9.70. The molecule has 0 radical (unpaired) electrons. The zero-order valence-corrected chi connectivity index (χ0v) is 12.2. The molecule has 1 unspecified atom stereocenters. The van der Waals surface area contributed by atoms with Crippen molar-refractivity contribution >= 4 is 28.8 Å². The summed E-state index contributed by atoms with van der Waals surface area (Å²) in [7, 11) is 0. The van der Waals surface area contributed by atoms with E-state index in [1.807, 2.05) is 29.6 Å². The van der Waals surface area contributed by atoms with Gasteiger partial charge in [-0.05, 0) is 17.7 Å². The first-order valence-corrected chi connectivity index (χ1v) is 7.53. The molecule has 1 aromatic heterocycles. The first-order valence-electron chi connectivity index (χ1n) is 6.28. The first kappa shape index (κ1) is 13.5. The maximum absolute atomic E-state index is 11.4. The molecule has 1 aliphatic rings. The predicted octanol–water partition coefficient (Wildman–Crippen LogP) is 2.40. The lowest BCUT2D eigenvalue weighted by Gasteiger charge is -2.00. The summed E-state index contributed by atoms with van der Waals surface area (Å²) in [5.74, 6) is -0.0581. The number of halogens is 1. The number of thiazole rings is 1. The van der Waals surface area contributed by atoms with Crippen molar-refractivity contribution < 1.29 is 9.53 Å². The number of carbonyl (C=O) groups is 1. The molecule has 3 rings (SSSR count). The number of nitrogens with zero attached hydrogens (tertiary/aromatic N) is 1. The van der Waals surface area contributed by atoms with Crippen LogP contribution in [0, 0.1) is 0 Å². The third kappa shape index (κ3) is 3.56. The third-order valence-corrected chi connectivity index (χ3v) is 4.09. The van der Waals surface area contributed by atoms with Gasteiger partial charge in [-0.2, -0.15) is 0 Å². The lowest BCUT2D eigenvalue weighted by atomic mass is 10.2. The zero-order valence-electron chi connectivity index (χ0n) is 10.6. The van der Waals surface area contributed by atoms with Gasteiger partial charge in [0.2, 0.25) is 0 Å². The maximum Gasteiger partial charge on any atom is 0.251 e. The molecule has 1 aromatic carbocycles. The third-order valence-electron chi connectivity index (χ3n) is 2.94. The highest BCUT2D eigenvalue weighted by molar-refractivity contribution is 7.09. The van der Waals surface area contributed by atoms with Crippen LogP contribution in [0.3, 0.4) is 0 Å². The van der Waals surface area contributed by atoms with E-state index in [2.05, 4.69) is 10.3 Å². The second kappa shape index (κ2) is 5.91. The highest BCUT2D eigenvalue weighted by atomic mass is 35.5. The standard InChI is InChI=1S/C14H13ClN2O2S/c15-10-3-1-9(2-4-10)5-13-17-11(8-20-13)6-16-14(18)12-7-19-12/h1-4,8,12H,5-7H2,(H,16,18). The summed E-state index contributed by atoms with van der Waals surface area (Å²) < 4.78 is 4.91. The predicted molar refractivity (Wildman–Crippen MR) is 78.0 cm³/mol. The molecule has 0 saturated carbocycles. The number of hydrogen-bond donors (Lipinski definition) is 1. The number of epoxide rings is 1. The van der Waals surface area contributed by atoms with E-state index < -0.39 is 0 Å². The molecule has 0 aliphatic carbocycles. The van der Waals surface area contributed by atoms with Crippen molar-refractivity contribution in [2.24, 2.45) is 0 Å². The van der Waals surface area contributed by atoms with E-state index in [4.69, 9.17) is 16.3 Å². The van der Waals surface area contributed by atoms with Crippen molar-refractivity contribution in [3.05, 3.63) is 50.9 Å². The van der Waals surface area contributed by atoms with E-state index in [1.165, 1.54) is 5.56 Å². The van der Waals surface area contributed by atoms with Gasteiger partial charge in [-0.15, -0.1) is 11.3 Å². The van der Waals surface area contributed by atoms with Crippen molar-refractivity contribution in [3.63, 3.8) is 0 Å². The zero-order chi connectivity index (χ0) is 13.9. The molecular weight excluding hydrogens is 296 g/mol. The van der Waals surface area contributed by atoms with E-state index >= 15 is 0 Å². The van der Waals surface area contributed by atoms with E-state index in [0.29, 0.717) is 13.2 Å². The van der Waals surface area contributed by atoms with Crippen molar-refractivity contribution in [2.45, 2.75) is 19.1 Å². The number of ether oxygens (including phenoxy) is 1. The fourth-order valence-corrected chi connectivity index (χ4v) is 2.73. The highest BCUT2D eigenvalue weighted by Crippen LogP contribution is 2.17. The number of aromatic nitrogens is 1. The van der Waals surface area contributed by atoms with Crippen LogP contribution in [0.5, 0.6) is 0 Å². The summed E-state index contributed by atoms with van der Waals surface area (Å²) in [4.78, 5) is 15.9. The summed E-state index contributed by atoms with van der Waals surface area (Å²) in [6, 6.07) is 7.74. The Labute approximate surface area is 125 Å². The van der Waals surface area contributed by atoms with Gasteiger partial charge < -0.3 is 10.1 Å². The molecule has 6 heteroatoms. The quantitative estimate of drug-likeness (QED) is 0.863. The molecule has 0 bridgehead atoms. The van der Waals surface area contributed by atoms with Crippen LogP contribution in [0.15, 0.2) is 29.6 Å². The molecule has 1 saturated heterocycles. The van der Waals surface area contributed by atoms with Gasteiger partial charge in [0, 0.05) is 16.8 Å². The van der Waals surface area contributed by atoms with Gasteiger partial charge >= 0.3 is 0 Å². The van der Waals surface area contributed by atoms with E-state index in [-0.39, 0.29) is 12.0 Å². The van der Waals surface area contributed by atoms with Crippen molar-refractivity contribution in [3.8, 4) is 0 Å². The number of nitrogens with one attached hydrogen (secondary N) is 1. The fraction of sp³-hybridized carbons (Fsp3) is 0.286. The number of rotatable bonds is 5. The Morgan fingerprint density at radius 3 is 2.90 bits per heavy atom. The molecule has 1 aliphatic heterocycles. The largest absolute Gasteiger partial charge is 0.363 e. The summed E-state index contributed by atoms with van der Waals surface area (Å²) in [6.07, 6.45) is 0.531. The SMILES string of the molecule is O=C(NCc1csc(Cc2ccc(Cl)cc2)n1)C1CO1. The monoisotopic (exact) mass is 308 g/mol. The van der Waals surface area contributed by atoms with Crippen LogP contribution in [0.25, 0.3) is 0 Å². The normalized spacial score (nSPS) is 16.9.